The number of nitrogens with two attached hydrogens (primary N) is 1. The number of anilines is 1. The van der Waals surface area contributed by atoms with Gasteiger partial charge in [-0.05, 0) is 32.0 Å². The zero-order valence-corrected chi connectivity index (χ0v) is 12.2. The molecule has 0 fully saturated rings. The van der Waals surface area contributed by atoms with Gasteiger partial charge in [-0.25, -0.2) is 14.6 Å². The summed E-state index contributed by atoms with van der Waals surface area (Å²) in [6.45, 7) is 3.79. The van der Waals surface area contributed by atoms with Crippen molar-refractivity contribution < 1.29 is 4.42 Å². The summed E-state index contributed by atoms with van der Waals surface area (Å²) >= 11 is 0. The highest BCUT2D eigenvalue weighted by molar-refractivity contribution is 5.76. The Bertz CT molecular complexity index is 853. The highest BCUT2D eigenvalue weighted by Gasteiger charge is 2.15. The van der Waals surface area contributed by atoms with Crippen LogP contribution in [-0.2, 0) is 0 Å². The Morgan fingerprint density at radius 3 is 2.77 bits per heavy atom. The molecule has 7 heteroatoms. The van der Waals surface area contributed by atoms with E-state index in [0.717, 1.165) is 0 Å². The van der Waals surface area contributed by atoms with Crippen LogP contribution in [0.2, 0.25) is 0 Å². The van der Waals surface area contributed by atoms with Crippen LogP contribution in [0.1, 0.15) is 19.9 Å². The van der Waals surface area contributed by atoms with Gasteiger partial charge in [-0.2, -0.15) is 5.10 Å². The van der Waals surface area contributed by atoms with E-state index in [-0.39, 0.29) is 17.5 Å². The molecule has 0 aromatic carbocycles. The summed E-state index contributed by atoms with van der Waals surface area (Å²) in [4.78, 5) is 20.1. The van der Waals surface area contributed by atoms with Gasteiger partial charge < -0.3 is 10.2 Å². The fourth-order valence-corrected chi connectivity index (χ4v) is 2.12. The normalized spacial score (nSPS) is 11.0. The average molecular weight is 297 g/mol. The van der Waals surface area contributed by atoms with Crippen molar-refractivity contribution in [1.82, 2.24) is 19.7 Å². The van der Waals surface area contributed by atoms with Crippen molar-refractivity contribution >= 4 is 5.95 Å². The molecule has 0 radical (unpaired) electrons. The van der Waals surface area contributed by atoms with Gasteiger partial charge in [-0.3, -0.25) is 4.79 Å². The number of rotatable bonds is 3. The predicted molar refractivity (Wildman–Crippen MR) is 82.0 cm³/mol. The van der Waals surface area contributed by atoms with Crippen molar-refractivity contribution in [2.24, 2.45) is 0 Å². The minimum absolute atomic E-state index is 0.0470. The minimum Gasteiger partial charge on any atom is -0.463 e. The Hall–Kier alpha value is -2.96. The second-order valence-electron chi connectivity index (χ2n) is 5.06. The highest BCUT2D eigenvalue weighted by atomic mass is 16.3. The lowest BCUT2D eigenvalue weighted by atomic mass is 10.1. The molecule has 0 amide bonds. The molecule has 0 saturated heterocycles. The summed E-state index contributed by atoms with van der Waals surface area (Å²) < 4.78 is 6.81. The van der Waals surface area contributed by atoms with Gasteiger partial charge in [0.1, 0.15) is 5.69 Å². The van der Waals surface area contributed by atoms with Crippen LogP contribution in [0.3, 0.4) is 0 Å². The maximum atomic E-state index is 11.8. The van der Waals surface area contributed by atoms with Crippen LogP contribution in [0.25, 0.3) is 22.7 Å². The largest absolute Gasteiger partial charge is 0.463 e. The maximum absolute atomic E-state index is 11.8. The van der Waals surface area contributed by atoms with Gasteiger partial charge in [0.2, 0.25) is 5.95 Å². The van der Waals surface area contributed by atoms with Gasteiger partial charge in [0.25, 0.3) is 5.56 Å². The lowest BCUT2D eigenvalue weighted by Crippen LogP contribution is -2.24. The number of furan rings is 1. The highest BCUT2D eigenvalue weighted by Crippen LogP contribution is 2.29. The summed E-state index contributed by atoms with van der Waals surface area (Å²) in [7, 11) is 0. The summed E-state index contributed by atoms with van der Waals surface area (Å²) in [5.74, 6) is 0.709. The van der Waals surface area contributed by atoms with Crippen LogP contribution < -0.4 is 11.3 Å². The Morgan fingerprint density at radius 1 is 1.27 bits per heavy atom. The zero-order chi connectivity index (χ0) is 15.7. The van der Waals surface area contributed by atoms with E-state index in [1.807, 2.05) is 13.8 Å². The third-order valence-corrected chi connectivity index (χ3v) is 3.15. The summed E-state index contributed by atoms with van der Waals surface area (Å²) in [6, 6.07) is 6.62. The Kier molecular flexibility index (Phi) is 3.46. The molecule has 0 aliphatic rings. The standard InChI is InChI=1S/C15H15N5O2/c1-9(2)20-13(21)6-5-11(19-20)10-8-17-15(16)18-14(10)12-4-3-7-22-12/h3-9H,1-2H3,(H2,16,17,18). The van der Waals surface area contributed by atoms with E-state index in [4.69, 9.17) is 10.2 Å². The van der Waals surface area contributed by atoms with Gasteiger partial charge in [0, 0.05) is 12.3 Å². The van der Waals surface area contributed by atoms with Crippen molar-refractivity contribution in [2.75, 3.05) is 5.73 Å². The molecule has 2 N–H and O–H groups in total. The Morgan fingerprint density at radius 2 is 2.09 bits per heavy atom. The lowest BCUT2D eigenvalue weighted by molar-refractivity contribution is 0.505. The molecular formula is C15H15N5O2. The molecule has 3 heterocycles. The molecule has 3 aromatic rings. The molecule has 0 aliphatic carbocycles. The van der Waals surface area contributed by atoms with Crippen molar-refractivity contribution in [3.63, 3.8) is 0 Å². The number of aromatic nitrogens is 4. The van der Waals surface area contributed by atoms with E-state index in [1.165, 1.54) is 10.7 Å². The van der Waals surface area contributed by atoms with Crippen LogP contribution >= 0.6 is 0 Å². The van der Waals surface area contributed by atoms with Crippen LogP contribution in [-0.4, -0.2) is 19.7 Å². The fourth-order valence-electron chi connectivity index (χ4n) is 2.12. The Labute approximate surface area is 126 Å². The molecule has 0 atom stereocenters. The molecule has 0 saturated carbocycles. The second kappa shape index (κ2) is 5.44. The monoisotopic (exact) mass is 297 g/mol. The first kappa shape index (κ1) is 14.0. The molecule has 0 spiro atoms. The van der Waals surface area contributed by atoms with Crippen molar-refractivity contribution in [3.8, 4) is 22.7 Å². The molecule has 3 rings (SSSR count). The number of nitrogens with zero attached hydrogens (tertiary/aromatic N) is 4. The van der Waals surface area contributed by atoms with Crippen LogP contribution in [0.5, 0.6) is 0 Å². The molecule has 0 aliphatic heterocycles. The van der Waals surface area contributed by atoms with Crippen LogP contribution in [0.4, 0.5) is 5.95 Å². The second-order valence-corrected chi connectivity index (χ2v) is 5.06. The topological polar surface area (TPSA) is 99.8 Å². The van der Waals surface area contributed by atoms with Crippen molar-refractivity contribution in [1.29, 1.82) is 0 Å². The van der Waals surface area contributed by atoms with Crippen LogP contribution in [0, 0.1) is 0 Å². The first-order valence-corrected chi connectivity index (χ1v) is 6.83. The van der Waals surface area contributed by atoms with Gasteiger partial charge >= 0.3 is 0 Å². The first-order chi connectivity index (χ1) is 10.6. The van der Waals surface area contributed by atoms with Gasteiger partial charge in [0.15, 0.2) is 5.76 Å². The number of hydrogen-bond donors (Lipinski definition) is 1. The van der Waals surface area contributed by atoms with Gasteiger partial charge in [-0.15, -0.1) is 0 Å². The fraction of sp³-hybridized carbons (Fsp3) is 0.200. The third-order valence-electron chi connectivity index (χ3n) is 3.15. The molecule has 22 heavy (non-hydrogen) atoms. The van der Waals surface area contributed by atoms with E-state index in [1.54, 1.807) is 30.7 Å². The number of nitrogen functional groups attached to an aromatic ring is 1. The predicted octanol–water partition coefficient (Wildman–Crippen LogP) is 2.12. The maximum Gasteiger partial charge on any atom is 0.267 e. The number of hydrogen-bond acceptors (Lipinski definition) is 6. The summed E-state index contributed by atoms with van der Waals surface area (Å²) in [5.41, 5.74) is 7.29. The quantitative estimate of drug-likeness (QED) is 0.794. The molecule has 3 aromatic heterocycles. The Balaban J connectivity index is 2.21. The molecule has 0 unspecified atom stereocenters. The van der Waals surface area contributed by atoms with Gasteiger partial charge in [0.05, 0.1) is 23.6 Å². The minimum atomic E-state index is -0.158. The summed E-state index contributed by atoms with van der Waals surface area (Å²) in [6.07, 6.45) is 3.14. The van der Waals surface area contributed by atoms with Crippen LogP contribution in [0.15, 0.2) is 45.9 Å². The van der Waals surface area contributed by atoms with Crippen molar-refractivity contribution in [3.05, 3.63) is 47.1 Å². The third kappa shape index (κ3) is 2.48. The first-order valence-electron chi connectivity index (χ1n) is 6.83. The van der Waals surface area contributed by atoms with E-state index in [2.05, 4.69) is 15.1 Å². The van der Waals surface area contributed by atoms with Gasteiger partial charge in [-0.1, -0.05) is 0 Å². The van der Waals surface area contributed by atoms with E-state index >= 15 is 0 Å². The van der Waals surface area contributed by atoms with E-state index in [9.17, 15) is 4.79 Å². The molecule has 0 bridgehead atoms. The molecule has 112 valence electrons. The smallest absolute Gasteiger partial charge is 0.267 e. The molecular weight excluding hydrogens is 282 g/mol. The lowest BCUT2D eigenvalue weighted by Gasteiger charge is -2.11. The summed E-state index contributed by atoms with van der Waals surface area (Å²) in [5, 5.41) is 4.38. The van der Waals surface area contributed by atoms with E-state index < -0.39 is 0 Å². The SMILES string of the molecule is CC(C)n1nc(-c2cnc(N)nc2-c2ccco2)ccc1=O. The molecule has 7 nitrogen and oxygen atoms in total. The van der Waals surface area contributed by atoms with E-state index in [0.29, 0.717) is 22.7 Å². The zero-order valence-electron chi connectivity index (χ0n) is 12.2. The average Bonchev–Trinajstić information content (AvgIpc) is 3.02. The van der Waals surface area contributed by atoms with Crippen molar-refractivity contribution in [2.45, 2.75) is 19.9 Å².